The number of esters is 1. The van der Waals surface area contributed by atoms with Crippen LogP contribution < -0.4 is 0 Å². The second-order valence-corrected chi connectivity index (χ2v) is 13.6. The summed E-state index contributed by atoms with van der Waals surface area (Å²) in [5.41, 5.74) is 0.707. The van der Waals surface area contributed by atoms with E-state index in [4.69, 9.17) is 4.74 Å². The highest BCUT2D eigenvalue weighted by atomic mass is 16.5. The van der Waals surface area contributed by atoms with Gasteiger partial charge in [0.1, 0.15) is 0 Å². The number of nitrogens with zero attached hydrogens (tertiary/aromatic N) is 1. The molecule has 0 aromatic rings. The first kappa shape index (κ1) is 26.6. The fourth-order valence-corrected chi connectivity index (χ4v) is 10.00. The Hall–Kier alpha value is -1.98. The molecule has 10 atom stereocenters. The van der Waals surface area contributed by atoms with Gasteiger partial charge in [-0.2, -0.15) is 0 Å². The number of Topliss-reactive ketones (excluding diaryl/α,β-unsaturated/α-hetero) is 2. The molecule has 5 rings (SSSR count). The van der Waals surface area contributed by atoms with Crippen molar-refractivity contribution < 1.29 is 23.9 Å². The third-order valence-corrected chi connectivity index (χ3v) is 11.7. The SMILES string of the molecule is CC(=O)O[C@H]1CC[C@@]2(C)[C@@H](CC[C@@H]3[C@@H]2CC[C@]2(C)[C@@H]([C@H](C)C(=O)C4=CC(C)CN4C(C)=O)CC[C@@H]32)C1=O. The second kappa shape index (κ2) is 9.34. The van der Waals surface area contributed by atoms with Crippen molar-refractivity contribution in [3.05, 3.63) is 11.8 Å². The van der Waals surface area contributed by atoms with E-state index in [-0.39, 0.29) is 52.0 Å². The zero-order valence-corrected chi connectivity index (χ0v) is 23.5. The van der Waals surface area contributed by atoms with E-state index in [1.165, 1.54) is 6.92 Å². The van der Waals surface area contributed by atoms with Crippen LogP contribution >= 0.6 is 0 Å². The van der Waals surface area contributed by atoms with Crippen molar-refractivity contribution in [1.29, 1.82) is 0 Å². The molecule has 6 heteroatoms. The number of amides is 1. The molecule has 204 valence electrons. The number of hydrogen-bond donors (Lipinski definition) is 0. The molecule has 0 N–H and O–H groups in total. The van der Waals surface area contributed by atoms with Gasteiger partial charge in [0.25, 0.3) is 0 Å². The van der Waals surface area contributed by atoms with Crippen LogP contribution in [-0.2, 0) is 23.9 Å². The lowest BCUT2D eigenvalue weighted by Crippen LogP contribution is -2.57. The molecule has 0 aromatic carbocycles. The quantitative estimate of drug-likeness (QED) is 0.476. The maximum Gasteiger partial charge on any atom is 0.303 e. The topological polar surface area (TPSA) is 80.8 Å². The summed E-state index contributed by atoms with van der Waals surface area (Å²) in [6.45, 7) is 12.5. The van der Waals surface area contributed by atoms with Gasteiger partial charge in [0.2, 0.25) is 5.91 Å². The van der Waals surface area contributed by atoms with Gasteiger partial charge in [0, 0.05) is 32.2 Å². The van der Waals surface area contributed by atoms with Crippen LogP contribution in [-0.4, -0.2) is 41.0 Å². The van der Waals surface area contributed by atoms with Gasteiger partial charge in [-0.1, -0.05) is 33.8 Å². The Kier molecular flexibility index (Phi) is 6.72. The minimum Gasteiger partial charge on any atom is -0.455 e. The average molecular weight is 512 g/mol. The second-order valence-electron chi connectivity index (χ2n) is 13.6. The minimum absolute atomic E-state index is 0.0113. The van der Waals surface area contributed by atoms with Crippen LogP contribution in [0.5, 0.6) is 0 Å². The molecule has 1 aliphatic heterocycles. The first-order valence-electron chi connectivity index (χ1n) is 14.6. The molecule has 1 heterocycles. The molecule has 5 aliphatic rings. The predicted octanol–water partition coefficient (Wildman–Crippen LogP) is 5.34. The van der Waals surface area contributed by atoms with Crippen LogP contribution in [0.4, 0.5) is 0 Å². The molecule has 0 radical (unpaired) electrons. The van der Waals surface area contributed by atoms with Crippen molar-refractivity contribution in [2.75, 3.05) is 6.54 Å². The lowest BCUT2D eigenvalue weighted by atomic mass is 9.44. The van der Waals surface area contributed by atoms with Gasteiger partial charge >= 0.3 is 5.97 Å². The van der Waals surface area contributed by atoms with Gasteiger partial charge in [-0.15, -0.1) is 0 Å². The summed E-state index contributed by atoms with van der Waals surface area (Å²) >= 11 is 0. The third-order valence-electron chi connectivity index (χ3n) is 11.7. The summed E-state index contributed by atoms with van der Waals surface area (Å²) in [7, 11) is 0. The minimum atomic E-state index is -0.564. The number of ether oxygens (including phenoxy) is 1. The lowest BCUT2D eigenvalue weighted by Gasteiger charge is -2.60. The fourth-order valence-electron chi connectivity index (χ4n) is 10.00. The highest BCUT2D eigenvalue weighted by Crippen LogP contribution is 2.68. The van der Waals surface area contributed by atoms with Crippen LogP contribution in [0, 0.1) is 52.3 Å². The van der Waals surface area contributed by atoms with E-state index < -0.39 is 6.10 Å². The Balaban J connectivity index is 1.34. The zero-order chi connectivity index (χ0) is 26.9. The Morgan fingerprint density at radius 2 is 1.65 bits per heavy atom. The summed E-state index contributed by atoms with van der Waals surface area (Å²) in [4.78, 5) is 52.6. The highest BCUT2D eigenvalue weighted by molar-refractivity contribution is 6.00. The average Bonchev–Trinajstić information content (AvgIpc) is 3.40. The molecular weight excluding hydrogens is 466 g/mol. The Morgan fingerprint density at radius 1 is 0.973 bits per heavy atom. The van der Waals surface area contributed by atoms with E-state index in [0.717, 1.165) is 44.9 Å². The Labute approximate surface area is 221 Å². The van der Waals surface area contributed by atoms with Gasteiger partial charge < -0.3 is 9.64 Å². The molecule has 37 heavy (non-hydrogen) atoms. The van der Waals surface area contributed by atoms with Crippen LogP contribution in [0.15, 0.2) is 11.8 Å². The molecule has 0 saturated heterocycles. The molecular formula is C31H45NO5. The molecule has 0 bridgehead atoms. The van der Waals surface area contributed by atoms with E-state index in [1.54, 1.807) is 11.8 Å². The molecule has 4 aliphatic carbocycles. The third kappa shape index (κ3) is 4.12. The molecule has 0 spiro atoms. The molecule has 1 amide bonds. The van der Waals surface area contributed by atoms with E-state index >= 15 is 0 Å². The Morgan fingerprint density at radius 3 is 2.32 bits per heavy atom. The van der Waals surface area contributed by atoms with E-state index in [9.17, 15) is 19.2 Å². The van der Waals surface area contributed by atoms with Crippen molar-refractivity contribution >= 4 is 23.4 Å². The number of carbonyl (C=O) groups is 4. The summed E-state index contributed by atoms with van der Waals surface area (Å²) in [6.07, 6.45) is 9.37. The molecule has 1 unspecified atom stereocenters. The van der Waals surface area contributed by atoms with Crippen molar-refractivity contribution in [2.45, 2.75) is 99.0 Å². The first-order valence-corrected chi connectivity index (χ1v) is 14.6. The van der Waals surface area contributed by atoms with E-state index in [1.807, 2.05) is 6.08 Å². The van der Waals surface area contributed by atoms with E-state index in [2.05, 4.69) is 27.7 Å². The standard InChI is InChI=1S/C31H45NO5/c1-17-15-26(32(16-17)19(3)33)28(35)18(2)22-9-10-23-21-7-8-25-29(36)27(37-20(4)34)12-14-31(25,6)24(21)11-13-30(22,23)5/h15,17-18,21-25,27H,7-14,16H2,1-6H3/t17?,18-,21-,22+,23-,24-,25-,27-,30+,31+/m0/s1. The zero-order valence-electron chi connectivity index (χ0n) is 23.5. The van der Waals surface area contributed by atoms with Gasteiger partial charge in [-0.3, -0.25) is 19.2 Å². The predicted molar refractivity (Wildman–Crippen MR) is 140 cm³/mol. The van der Waals surface area contributed by atoms with Crippen LogP contribution in [0.2, 0.25) is 0 Å². The number of ketones is 2. The molecule has 4 fully saturated rings. The summed E-state index contributed by atoms with van der Waals surface area (Å²) in [5.74, 6) is 1.98. The lowest BCUT2D eigenvalue weighted by molar-refractivity contribution is -0.172. The maximum absolute atomic E-state index is 13.7. The smallest absolute Gasteiger partial charge is 0.303 e. The first-order chi connectivity index (χ1) is 17.4. The normalized spacial score (nSPS) is 43.8. The van der Waals surface area contributed by atoms with Crippen molar-refractivity contribution in [3.8, 4) is 0 Å². The van der Waals surface area contributed by atoms with Crippen LogP contribution in [0.3, 0.4) is 0 Å². The molecule has 6 nitrogen and oxygen atoms in total. The number of allylic oxidation sites excluding steroid dienone is 1. The summed E-state index contributed by atoms with van der Waals surface area (Å²) in [5, 5.41) is 0. The van der Waals surface area contributed by atoms with Crippen molar-refractivity contribution in [2.24, 2.45) is 52.3 Å². The van der Waals surface area contributed by atoms with Crippen molar-refractivity contribution in [3.63, 3.8) is 0 Å². The fraction of sp³-hybridized carbons (Fsp3) is 0.806. The molecule has 0 aromatic heterocycles. The van der Waals surface area contributed by atoms with Gasteiger partial charge in [-0.05, 0) is 91.8 Å². The van der Waals surface area contributed by atoms with Crippen LogP contribution in [0.25, 0.3) is 0 Å². The van der Waals surface area contributed by atoms with Gasteiger partial charge in [-0.25, -0.2) is 0 Å². The van der Waals surface area contributed by atoms with E-state index in [0.29, 0.717) is 42.3 Å². The largest absolute Gasteiger partial charge is 0.455 e. The molecule has 4 saturated carbocycles. The van der Waals surface area contributed by atoms with Crippen LogP contribution in [0.1, 0.15) is 92.9 Å². The van der Waals surface area contributed by atoms with Crippen molar-refractivity contribution in [1.82, 2.24) is 4.90 Å². The Bertz CT molecular complexity index is 1030. The maximum atomic E-state index is 13.7. The van der Waals surface area contributed by atoms with Gasteiger partial charge in [0.05, 0.1) is 5.70 Å². The monoisotopic (exact) mass is 511 g/mol. The highest BCUT2D eigenvalue weighted by Gasteiger charge is 2.63. The number of hydrogen-bond acceptors (Lipinski definition) is 5. The van der Waals surface area contributed by atoms with Gasteiger partial charge in [0.15, 0.2) is 17.7 Å². The number of rotatable bonds is 4. The summed E-state index contributed by atoms with van der Waals surface area (Å²) in [6, 6.07) is 0. The number of carbonyl (C=O) groups excluding carboxylic acids is 4. The summed E-state index contributed by atoms with van der Waals surface area (Å²) < 4.78 is 5.40. The number of fused-ring (bicyclic) bond motifs is 5.